The standard InChI is InChI=1S/C14H17NO4/c1-19-9-10-5-2-3-6-11(10)13(16)15-8-4-7-12(15)14(17)18/h2-3,5-6,12H,4,7-9H2,1H3,(H,17,18)/t12-/m0/s1. The average Bonchev–Trinajstić information content (AvgIpc) is 2.88. The summed E-state index contributed by atoms with van der Waals surface area (Å²) in [5.41, 5.74) is 1.31. The lowest BCUT2D eigenvalue weighted by atomic mass is 10.1. The number of carboxylic acids is 1. The van der Waals surface area contributed by atoms with Crippen LogP contribution in [0.5, 0.6) is 0 Å². The van der Waals surface area contributed by atoms with Crippen molar-refractivity contribution in [3.63, 3.8) is 0 Å². The molecule has 1 atom stereocenters. The minimum absolute atomic E-state index is 0.224. The second-order valence-corrected chi connectivity index (χ2v) is 4.58. The molecule has 5 heteroatoms. The maximum absolute atomic E-state index is 12.5. The van der Waals surface area contributed by atoms with Gasteiger partial charge in [0.15, 0.2) is 0 Å². The van der Waals surface area contributed by atoms with Gasteiger partial charge in [0, 0.05) is 19.2 Å². The summed E-state index contributed by atoms with van der Waals surface area (Å²) in [6.07, 6.45) is 1.25. The highest BCUT2D eigenvalue weighted by atomic mass is 16.5. The molecule has 102 valence electrons. The number of carbonyl (C=O) groups is 2. The van der Waals surface area contributed by atoms with Gasteiger partial charge in [0.25, 0.3) is 5.91 Å². The van der Waals surface area contributed by atoms with Crippen molar-refractivity contribution in [2.45, 2.75) is 25.5 Å². The van der Waals surface area contributed by atoms with Gasteiger partial charge in [-0.15, -0.1) is 0 Å². The van der Waals surface area contributed by atoms with Gasteiger partial charge < -0.3 is 14.7 Å². The summed E-state index contributed by atoms with van der Waals surface area (Å²) >= 11 is 0. The zero-order chi connectivity index (χ0) is 13.8. The van der Waals surface area contributed by atoms with Crippen molar-refractivity contribution in [3.05, 3.63) is 35.4 Å². The Morgan fingerprint density at radius 3 is 2.84 bits per heavy atom. The van der Waals surface area contributed by atoms with E-state index in [1.54, 1.807) is 19.2 Å². The Labute approximate surface area is 111 Å². The molecule has 0 unspecified atom stereocenters. The fraction of sp³-hybridized carbons (Fsp3) is 0.429. The number of hydrogen-bond acceptors (Lipinski definition) is 3. The Hall–Kier alpha value is -1.88. The molecule has 5 nitrogen and oxygen atoms in total. The lowest BCUT2D eigenvalue weighted by molar-refractivity contribution is -0.141. The molecule has 2 rings (SSSR count). The van der Waals surface area contributed by atoms with Crippen LogP contribution < -0.4 is 0 Å². The molecule has 1 amide bonds. The fourth-order valence-corrected chi connectivity index (χ4v) is 2.43. The van der Waals surface area contributed by atoms with Gasteiger partial charge in [0.05, 0.1) is 6.61 Å². The fourth-order valence-electron chi connectivity index (χ4n) is 2.43. The molecule has 1 saturated heterocycles. The van der Waals surface area contributed by atoms with Gasteiger partial charge in [-0.1, -0.05) is 18.2 Å². The quantitative estimate of drug-likeness (QED) is 0.894. The summed E-state index contributed by atoms with van der Waals surface area (Å²) in [5.74, 6) is -1.16. The Bertz CT molecular complexity index is 486. The molecular weight excluding hydrogens is 246 g/mol. The van der Waals surface area contributed by atoms with E-state index in [2.05, 4.69) is 0 Å². The van der Waals surface area contributed by atoms with E-state index in [-0.39, 0.29) is 5.91 Å². The van der Waals surface area contributed by atoms with E-state index in [4.69, 9.17) is 9.84 Å². The van der Waals surface area contributed by atoms with Gasteiger partial charge in [-0.25, -0.2) is 4.79 Å². The van der Waals surface area contributed by atoms with Crippen molar-refractivity contribution in [1.29, 1.82) is 0 Å². The third-order valence-electron chi connectivity index (χ3n) is 3.35. The van der Waals surface area contributed by atoms with E-state index >= 15 is 0 Å². The molecule has 1 aliphatic rings. The van der Waals surface area contributed by atoms with E-state index in [9.17, 15) is 9.59 Å². The van der Waals surface area contributed by atoms with Crippen LogP contribution in [0, 0.1) is 0 Å². The zero-order valence-corrected chi connectivity index (χ0v) is 10.8. The predicted octanol–water partition coefficient (Wildman–Crippen LogP) is 1.52. The van der Waals surface area contributed by atoms with Crippen LogP contribution in [0.15, 0.2) is 24.3 Å². The zero-order valence-electron chi connectivity index (χ0n) is 10.8. The van der Waals surface area contributed by atoms with Crippen LogP contribution in [0.2, 0.25) is 0 Å². The maximum Gasteiger partial charge on any atom is 0.326 e. The predicted molar refractivity (Wildman–Crippen MR) is 68.8 cm³/mol. The molecule has 0 bridgehead atoms. The number of carbonyl (C=O) groups excluding carboxylic acids is 1. The number of ether oxygens (including phenoxy) is 1. The van der Waals surface area contributed by atoms with Gasteiger partial charge >= 0.3 is 5.97 Å². The minimum Gasteiger partial charge on any atom is -0.480 e. The molecule has 0 radical (unpaired) electrons. The second-order valence-electron chi connectivity index (χ2n) is 4.58. The lowest BCUT2D eigenvalue weighted by Crippen LogP contribution is -2.40. The first-order chi connectivity index (χ1) is 9.15. The van der Waals surface area contributed by atoms with Crippen molar-refractivity contribution in [2.24, 2.45) is 0 Å². The van der Waals surface area contributed by atoms with Crippen molar-refractivity contribution < 1.29 is 19.4 Å². The van der Waals surface area contributed by atoms with Crippen LogP contribution in [0.4, 0.5) is 0 Å². The molecular formula is C14H17NO4. The van der Waals surface area contributed by atoms with Crippen LogP contribution in [-0.2, 0) is 16.1 Å². The molecule has 0 aromatic heterocycles. The first kappa shape index (κ1) is 13.5. The number of aliphatic carboxylic acids is 1. The SMILES string of the molecule is COCc1ccccc1C(=O)N1CCC[C@H]1C(=O)O. The summed E-state index contributed by atoms with van der Waals surface area (Å²) < 4.78 is 5.07. The molecule has 1 aromatic rings. The molecule has 1 fully saturated rings. The van der Waals surface area contributed by atoms with E-state index in [0.29, 0.717) is 25.1 Å². The van der Waals surface area contributed by atoms with Gasteiger partial charge in [0.2, 0.25) is 0 Å². The highest BCUT2D eigenvalue weighted by molar-refractivity contribution is 5.98. The van der Waals surface area contributed by atoms with Gasteiger partial charge in [-0.3, -0.25) is 4.79 Å². The van der Waals surface area contributed by atoms with Crippen molar-refractivity contribution in [3.8, 4) is 0 Å². The summed E-state index contributed by atoms with van der Waals surface area (Å²) in [7, 11) is 1.57. The van der Waals surface area contributed by atoms with Crippen LogP contribution in [0.1, 0.15) is 28.8 Å². The summed E-state index contributed by atoms with van der Waals surface area (Å²) in [6, 6.07) is 6.45. The van der Waals surface area contributed by atoms with E-state index in [1.807, 2.05) is 12.1 Å². The molecule has 0 spiro atoms. The van der Waals surface area contributed by atoms with Crippen molar-refractivity contribution >= 4 is 11.9 Å². The normalized spacial score (nSPS) is 18.6. The largest absolute Gasteiger partial charge is 0.480 e. The molecule has 1 N–H and O–H groups in total. The summed E-state index contributed by atoms with van der Waals surface area (Å²) in [6.45, 7) is 0.838. The van der Waals surface area contributed by atoms with Crippen molar-refractivity contribution in [1.82, 2.24) is 4.90 Å². The van der Waals surface area contributed by atoms with E-state index < -0.39 is 12.0 Å². The molecule has 1 aliphatic heterocycles. The number of carboxylic acid groups (broad SMARTS) is 1. The smallest absolute Gasteiger partial charge is 0.326 e. The first-order valence-corrected chi connectivity index (χ1v) is 6.25. The number of hydrogen-bond donors (Lipinski definition) is 1. The van der Waals surface area contributed by atoms with Crippen LogP contribution in [0.25, 0.3) is 0 Å². The monoisotopic (exact) mass is 263 g/mol. The van der Waals surface area contributed by atoms with Crippen LogP contribution in [-0.4, -0.2) is 41.6 Å². The first-order valence-electron chi connectivity index (χ1n) is 6.25. The molecule has 0 aliphatic carbocycles. The third kappa shape index (κ3) is 2.76. The number of amides is 1. The van der Waals surface area contributed by atoms with Crippen molar-refractivity contribution in [2.75, 3.05) is 13.7 Å². The molecule has 0 saturated carbocycles. The third-order valence-corrected chi connectivity index (χ3v) is 3.35. The van der Waals surface area contributed by atoms with E-state index in [0.717, 1.165) is 12.0 Å². The number of rotatable bonds is 4. The molecule has 1 heterocycles. The van der Waals surface area contributed by atoms with Crippen LogP contribution in [0.3, 0.4) is 0 Å². The molecule has 19 heavy (non-hydrogen) atoms. The Balaban J connectivity index is 2.26. The van der Waals surface area contributed by atoms with E-state index in [1.165, 1.54) is 4.90 Å². The lowest BCUT2D eigenvalue weighted by Gasteiger charge is -2.22. The highest BCUT2D eigenvalue weighted by Crippen LogP contribution is 2.22. The second kappa shape index (κ2) is 5.84. The number of methoxy groups -OCH3 is 1. The summed E-state index contributed by atoms with van der Waals surface area (Å²) in [5, 5.41) is 9.13. The Morgan fingerprint density at radius 2 is 2.16 bits per heavy atom. The van der Waals surface area contributed by atoms with Gasteiger partial charge in [-0.05, 0) is 24.5 Å². The van der Waals surface area contributed by atoms with Gasteiger partial charge in [-0.2, -0.15) is 0 Å². The summed E-state index contributed by atoms with van der Waals surface area (Å²) in [4.78, 5) is 25.0. The Kier molecular flexibility index (Phi) is 4.16. The Morgan fingerprint density at radius 1 is 1.42 bits per heavy atom. The number of likely N-dealkylation sites (tertiary alicyclic amines) is 1. The van der Waals surface area contributed by atoms with Crippen LogP contribution >= 0.6 is 0 Å². The van der Waals surface area contributed by atoms with Gasteiger partial charge in [0.1, 0.15) is 6.04 Å². The average molecular weight is 263 g/mol. The molecule has 1 aromatic carbocycles. The minimum atomic E-state index is -0.935. The number of benzene rings is 1. The number of nitrogens with zero attached hydrogens (tertiary/aromatic N) is 1. The topological polar surface area (TPSA) is 66.8 Å². The maximum atomic E-state index is 12.5. The highest BCUT2D eigenvalue weighted by Gasteiger charge is 2.34.